The monoisotopic (exact) mass is 372 g/mol. The second kappa shape index (κ2) is 8.96. The Labute approximate surface area is 157 Å². The SMILES string of the molecule is CC(C)C(CN1CCOCC1)NP(=O)(c1ccccc1)c1ccccc1. The Kier molecular flexibility index (Phi) is 6.66. The molecule has 1 saturated heterocycles. The van der Waals surface area contributed by atoms with E-state index in [1.807, 2.05) is 60.7 Å². The van der Waals surface area contributed by atoms with Gasteiger partial charge in [-0.15, -0.1) is 0 Å². The standard InChI is InChI=1S/C21H29N2O2P/c1-18(2)21(17-23-13-15-25-16-14-23)22-26(24,19-9-5-3-6-10-19)20-11-7-4-8-12-20/h3-12,18,21H,13-17H2,1-2H3,(H,22,24). The Morgan fingerprint density at radius 3 is 1.92 bits per heavy atom. The minimum atomic E-state index is -2.91. The van der Waals surface area contributed by atoms with Gasteiger partial charge in [0.15, 0.2) is 0 Å². The fraction of sp³-hybridized carbons (Fsp3) is 0.429. The van der Waals surface area contributed by atoms with E-state index in [9.17, 15) is 4.57 Å². The van der Waals surface area contributed by atoms with Crippen LogP contribution in [0.25, 0.3) is 0 Å². The second-order valence-corrected chi connectivity index (χ2v) is 9.68. The molecule has 0 aliphatic carbocycles. The second-order valence-electron chi connectivity index (χ2n) is 7.17. The van der Waals surface area contributed by atoms with E-state index in [4.69, 9.17) is 4.74 Å². The Bertz CT molecular complexity index is 672. The maximum absolute atomic E-state index is 14.2. The van der Waals surface area contributed by atoms with Gasteiger partial charge in [0.1, 0.15) is 0 Å². The average molecular weight is 372 g/mol. The van der Waals surface area contributed by atoms with Crippen LogP contribution in [0, 0.1) is 5.92 Å². The van der Waals surface area contributed by atoms with Crippen LogP contribution in [0.15, 0.2) is 60.7 Å². The van der Waals surface area contributed by atoms with E-state index in [0.717, 1.165) is 43.5 Å². The zero-order valence-corrected chi connectivity index (χ0v) is 16.6. The highest BCUT2D eigenvalue weighted by Crippen LogP contribution is 2.40. The van der Waals surface area contributed by atoms with Gasteiger partial charge in [-0.2, -0.15) is 0 Å². The van der Waals surface area contributed by atoms with Crippen molar-refractivity contribution in [1.82, 2.24) is 9.99 Å². The summed E-state index contributed by atoms with van der Waals surface area (Å²) in [6.45, 7) is 8.69. The van der Waals surface area contributed by atoms with E-state index in [1.54, 1.807) is 0 Å². The summed E-state index contributed by atoms with van der Waals surface area (Å²) in [4.78, 5) is 2.40. The first-order valence-corrected chi connectivity index (χ1v) is 11.1. The van der Waals surface area contributed by atoms with Crippen molar-refractivity contribution in [2.45, 2.75) is 19.9 Å². The summed E-state index contributed by atoms with van der Waals surface area (Å²) in [5.41, 5.74) is 0. The van der Waals surface area contributed by atoms with Crippen LogP contribution < -0.4 is 15.7 Å². The first kappa shape index (κ1) is 19.3. The van der Waals surface area contributed by atoms with Gasteiger partial charge in [-0.1, -0.05) is 50.2 Å². The van der Waals surface area contributed by atoms with Crippen LogP contribution >= 0.6 is 7.29 Å². The topological polar surface area (TPSA) is 41.6 Å². The van der Waals surface area contributed by atoms with Crippen LogP contribution in [-0.4, -0.2) is 43.8 Å². The first-order chi connectivity index (χ1) is 12.6. The first-order valence-electron chi connectivity index (χ1n) is 9.39. The molecule has 5 heteroatoms. The van der Waals surface area contributed by atoms with Crippen molar-refractivity contribution in [3.63, 3.8) is 0 Å². The van der Waals surface area contributed by atoms with E-state index in [-0.39, 0.29) is 6.04 Å². The molecule has 1 aliphatic heterocycles. The summed E-state index contributed by atoms with van der Waals surface area (Å²) in [5.74, 6) is 0.374. The van der Waals surface area contributed by atoms with Crippen molar-refractivity contribution in [3.8, 4) is 0 Å². The molecule has 1 N–H and O–H groups in total. The van der Waals surface area contributed by atoms with Crippen LogP contribution in [0.2, 0.25) is 0 Å². The summed E-state index contributed by atoms with van der Waals surface area (Å²) >= 11 is 0. The van der Waals surface area contributed by atoms with Crippen molar-refractivity contribution >= 4 is 17.9 Å². The van der Waals surface area contributed by atoms with E-state index < -0.39 is 7.29 Å². The molecule has 0 aromatic heterocycles. The lowest BCUT2D eigenvalue weighted by Gasteiger charge is -2.35. The van der Waals surface area contributed by atoms with Crippen LogP contribution in [0.5, 0.6) is 0 Å². The number of nitrogens with one attached hydrogen (secondary N) is 1. The zero-order valence-electron chi connectivity index (χ0n) is 15.7. The number of ether oxygens (including phenoxy) is 1. The molecule has 2 aromatic carbocycles. The van der Waals surface area contributed by atoms with Crippen molar-refractivity contribution in [2.75, 3.05) is 32.8 Å². The third-order valence-electron chi connectivity index (χ3n) is 4.95. The predicted molar refractivity (Wildman–Crippen MR) is 109 cm³/mol. The van der Waals surface area contributed by atoms with Crippen molar-refractivity contribution in [3.05, 3.63) is 60.7 Å². The molecule has 140 valence electrons. The molecule has 1 atom stereocenters. The van der Waals surface area contributed by atoms with Gasteiger partial charge < -0.3 is 4.74 Å². The van der Waals surface area contributed by atoms with E-state index in [1.165, 1.54) is 0 Å². The lowest BCUT2D eigenvalue weighted by Crippen LogP contribution is -2.48. The molecule has 1 fully saturated rings. The Morgan fingerprint density at radius 1 is 0.962 bits per heavy atom. The number of benzene rings is 2. The zero-order chi connectivity index (χ0) is 18.4. The van der Waals surface area contributed by atoms with Crippen LogP contribution in [0.1, 0.15) is 13.8 Å². The molecule has 1 heterocycles. The largest absolute Gasteiger partial charge is 0.379 e. The van der Waals surface area contributed by atoms with Crippen molar-refractivity contribution in [2.24, 2.45) is 5.92 Å². The molecule has 0 bridgehead atoms. The molecule has 3 rings (SSSR count). The van der Waals surface area contributed by atoms with Gasteiger partial charge in [-0.3, -0.25) is 14.6 Å². The van der Waals surface area contributed by atoms with Gasteiger partial charge in [0.05, 0.1) is 13.2 Å². The molecule has 1 aliphatic rings. The quantitative estimate of drug-likeness (QED) is 0.759. The van der Waals surface area contributed by atoms with Gasteiger partial charge in [-0.05, 0) is 30.2 Å². The lowest BCUT2D eigenvalue weighted by molar-refractivity contribution is 0.0324. The fourth-order valence-corrected chi connectivity index (χ4v) is 5.90. The van der Waals surface area contributed by atoms with Gasteiger partial charge in [0.25, 0.3) is 0 Å². The third-order valence-corrected chi connectivity index (χ3v) is 7.70. The molecule has 0 spiro atoms. The predicted octanol–water partition coefficient (Wildman–Crippen LogP) is 2.86. The van der Waals surface area contributed by atoms with Gasteiger partial charge in [0, 0.05) is 36.3 Å². The van der Waals surface area contributed by atoms with Gasteiger partial charge in [-0.25, -0.2) is 0 Å². The summed E-state index contributed by atoms with van der Waals surface area (Å²) < 4.78 is 19.7. The molecule has 26 heavy (non-hydrogen) atoms. The maximum atomic E-state index is 14.2. The molecular formula is C21H29N2O2P. The molecule has 0 amide bonds. The highest BCUT2D eigenvalue weighted by Gasteiger charge is 2.32. The summed E-state index contributed by atoms with van der Waals surface area (Å²) in [5, 5.41) is 5.30. The third kappa shape index (κ3) is 4.63. The molecular weight excluding hydrogens is 343 g/mol. The molecule has 0 saturated carbocycles. The minimum absolute atomic E-state index is 0.138. The van der Waals surface area contributed by atoms with Crippen LogP contribution in [-0.2, 0) is 9.30 Å². The number of morpholine rings is 1. The highest BCUT2D eigenvalue weighted by molar-refractivity contribution is 7.76. The Balaban J connectivity index is 1.89. The molecule has 4 nitrogen and oxygen atoms in total. The van der Waals surface area contributed by atoms with Gasteiger partial charge >= 0.3 is 0 Å². The van der Waals surface area contributed by atoms with Crippen LogP contribution in [0.3, 0.4) is 0 Å². The minimum Gasteiger partial charge on any atom is -0.379 e. The number of hydrogen-bond donors (Lipinski definition) is 1. The molecule has 2 aromatic rings. The van der Waals surface area contributed by atoms with Gasteiger partial charge in [0.2, 0.25) is 7.29 Å². The maximum Gasteiger partial charge on any atom is 0.204 e. The van der Waals surface area contributed by atoms with Crippen molar-refractivity contribution < 1.29 is 9.30 Å². The number of hydrogen-bond acceptors (Lipinski definition) is 3. The Hall–Kier alpha value is -1.45. The fourth-order valence-electron chi connectivity index (χ4n) is 3.27. The Morgan fingerprint density at radius 2 is 1.46 bits per heavy atom. The summed E-state index contributed by atoms with van der Waals surface area (Å²) in [6.07, 6.45) is 0. The van der Waals surface area contributed by atoms with Crippen molar-refractivity contribution in [1.29, 1.82) is 0 Å². The summed E-state index contributed by atoms with van der Waals surface area (Å²) in [7, 11) is -2.91. The van der Waals surface area contributed by atoms with E-state index >= 15 is 0 Å². The van der Waals surface area contributed by atoms with E-state index in [0.29, 0.717) is 5.92 Å². The smallest absolute Gasteiger partial charge is 0.204 e. The van der Waals surface area contributed by atoms with Crippen LogP contribution in [0.4, 0.5) is 0 Å². The normalized spacial score (nSPS) is 17.3. The molecule has 0 radical (unpaired) electrons. The number of nitrogens with zero attached hydrogens (tertiary/aromatic N) is 1. The highest BCUT2D eigenvalue weighted by atomic mass is 31.2. The molecule has 1 unspecified atom stereocenters. The lowest BCUT2D eigenvalue weighted by atomic mass is 10.1. The number of rotatable bonds is 7. The summed E-state index contributed by atoms with van der Waals surface area (Å²) in [6, 6.07) is 19.8. The average Bonchev–Trinajstić information content (AvgIpc) is 2.69. The van der Waals surface area contributed by atoms with E-state index in [2.05, 4.69) is 23.8 Å².